The fourth-order valence-corrected chi connectivity index (χ4v) is 3.47. The van der Waals surface area contributed by atoms with Gasteiger partial charge in [0, 0.05) is 44.1 Å². The molecule has 0 radical (unpaired) electrons. The number of rotatable bonds is 4. The number of hydrogen-bond acceptors (Lipinski definition) is 5. The molecule has 1 N–H and O–H groups in total. The van der Waals surface area contributed by atoms with E-state index in [-0.39, 0.29) is 11.8 Å². The molecule has 4 rings (SSSR count). The Hall–Kier alpha value is -2.97. The number of imidazole rings is 1. The topological polar surface area (TPSA) is 97.5 Å². The van der Waals surface area contributed by atoms with Crippen LogP contribution in [-0.2, 0) is 13.6 Å². The second-order valence-corrected chi connectivity index (χ2v) is 6.79. The van der Waals surface area contributed by atoms with Crippen LogP contribution in [0.15, 0.2) is 24.8 Å². The Morgan fingerprint density at radius 1 is 1.38 bits per heavy atom. The number of hydrogen-bond donors (Lipinski definition) is 1. The highest BCUT2D eigenvalue weighted by atomic mass is 16.2. The summed E-state index contributed by atoms with van der Waals surface area (Å²) in [6.07, 6.45) is 7.37. The molecule has 0 aliphatic carbocycles. The Bertz CT molecular complexity index is 894. The monoisotopic (exact) mass is 354 g/mol. The lowest BCUT2D eigenvalue weighted by molar-refractivity contribution is 0.0697. The third-order valence-corrected chi connectivity index (χ3v) is 4.88. The van der Waals surface area contributed by atoms with Crippen molar-refractivity contribution in [2.24, 2.45) is 7.05 Å². The van der Waals surface area contributed by atoms with Gasteiger partial charge in [0.25, 0.3) is 5.91 Å². The summed E-state index contributed by atoms with van der Waals surface area (Å²) in [4.78, 5) is 18.6. The van der Waals surface area contributed by atoms with Gasteiger partial charge in [0.15, 0.2) is 5.82 Å². The van der Waals surface area contributed by atoms with Crippen LogP contribution in [0.5, 0.6) is 0 Å². The first-order valence-electron chi connectivity index (χ1n) is 8.77. The summed E-state index contributed by atoms with van der Waals surface area (Å²) in [5, 5.41) is 15.7. The molecule has 0 bridgehead atoms. The zero-order chi connectivity index (χ0) is 18.1. The molecule has 3 aromatic heterocycles. The summed E-state index contributed by atoms with van der Waals surface area (Å²) < 4.78 is 4.00. The van der Waals surface area contributed by atoms with Gasteiger partial charge in [0.1, 0.15) is 11.5 Å². The highest BCUT2D eigenvalue weighted by molar-refractivity contribution is 5.92. The zero-order valence-corrected chi connectivity index (χ0v) is 15.0. The van der Waals surface area contributed by atoms with E-state index in [1.54, 1.807) is 18.6 Å². The van der Waals surface area contributed by atoms with Gasteiger partial charge in [0.2, 0.25) is 0 Å². The lowest BCUT2D eigenvalue weighted by atomic mass is 9.97. The van der Waals surface area contributed by atoms with E-state index < -0.39 is 0 Å². The first kappa shape index (κ1) is 16.5. The Labute approximate surface area is 151 Å². The van der Waals surface area contributed by atoms with Crippen LogP contribution in [0, 0.1) is 6.92 Å². The normalized spacial score (nSPS) is 17.6. The lowest BCUT2D eigenvalue weighted by Gasteiger charge is -2.31. The molecule has 1 amide bonds. The number of piperidine rings is 1. The summed E-state index contributed by atoms with van der Waals surface area (Å²) >= 11 is 0. The molecular weight excluding hydrogens is 332 g/mol. The minimum Gasteiger partial charge on any atom is -0.337 e. The fourth-order valence-electron chi connectivity index (χ4n) is 3.47. The van der Waals surface area contributed by atoms with Crippen molar-refractivity contribution >= 4 is 5.91 Å². The molecule has 0 unspecified atom stereocenters. The van der Waals surface area contributed by atoms with Gasteiger partial charge in [0.05, 0.1) is 12.9 Å². The summed E-state index contributed by atoms with van der Waals surface area (Å²) in [5.41, 5.74) is 1.36. The van der Waals surface area contributed by atoms with Crippen LogP contribution in [0.4, 0.5) is 0 Å². The molecule has 4 heterocycles. The molecule has 9 heteroatoms. The molecule has 1 saturated heterocycles. The SMILES string of the molecule is Cc1cc(C(=O)N2CCC[C@H](c3nnc(Cn4ccnc4)n3C)C2)n[nH]1. The predicted octanol–water partition coefficient (Wildman–Crippen LogP) is 1.11. The molecule has 3 aromatic rings. The zero-order valence-electron chi connectivity index (χ0n) is 15.0. The molecule has 0 aromatic carbocycles. The molecule has 1 aliphatic heterocycles. The first-order chi connectivity index (χ1) is 12.6. The van der Waals surface area contributed by atoms with E-state index in [1.165, 1.54) is 0 Å². The maximum atomic E-state index is 12.7. The van der Waals surface area contributed by atoms with Crippen molar-refractivity contribution < 1.29 is 4.79 Å². The molecular formula is C17H22N8O. The van der Waals surface area contributed by atoms with Gasteiger partial charge < -0.3 is 14.0 Å². The molecule has 0 spiro atoms. The molecule has 1 aliphatic rings. The van der Waals surface area contributed by atoms with Crippen molar-refractivity contribution in [1.29, 1.82) is 0 Å². The van der Waals surface area contributed by atoms with Crippen LogP contribution >= 0.6 is 0 Å². The van der Waals surface area contributed by atoms with E-state index in [0.717, 1.165) is 36.7 Å². The number of nitrogens with zero attached hydrogens (tertiary/aromatic N) is 7. The van der Waals surface area contributed by atoms with E-state index in [2.05, 4.69) is 25.4 Å². The van der Waals surface area contributed by atoms with E-state index in [1.807, 2.05) is 34.2 Å². The second-order valence-electron chi connectivity index (χ2n) is 6.79. The Balaban J connectivity index is 1.49. The number of aryl methyl sites for hydroxylation is 1. The Kier molecular flexibility index (Phi) is 4.27. The number of amides is 1. The van der Waals surface area contributed by atoms with Gasteiger partial charge in [-0.1, -0.05) is 0 Å². The number of aromatic amines is 1. The van der Waals surface area contributed by atoms with Gasteiger partial charge in [-0.25, -0.2) is 4.98 Å². The van der Waals surface area contributed by atoms with Crippen LogP contribution in [0.2, 0.25) is 0 Å². The fraction of sp³-hybridized carbons (Fsp3) is 0.471. The van der Waals surface area contributed by atoms with Gasteiger partial charge in [-0.3, -0.25) is 9.89 Å². The van der Waals surface area contributed by atoms with Crippen LogP contribution < -0.4 is 0 Å². The average molecular weight is 354 g/mol. The van der Waals surface area contributed by atoms with Gasteiger partial charge in [-0.2, -0.15) is 5.10 Å². The molecule has 26 heavy (non-hydrogen) atoms. The van der Waals surface area contributed by atoms with Gasteiger partial charge in [-0.05, 0) is 25.8 Å². The van der Waals surface area contributed by atoms with Crippen LogP contribution in [-0.4, -0.2) is 58.4 Å². The number of carbonyl (C=O) groups is 1. The van der Waals surface area contributed by atoms with Crippen molar-refractivity contribution in [3.8, 4) is 0 Å². The third-order valence-electron chi connectivity index (χ3n) is 4.88. The lowest BCUT2D eigenvalue weighted by Crippen LogP contribution is -2.40. The number of H-pyrrole nitrogens is 1. The van der Waals surface area contributed by atoms with Gasteiger partial charge in [-0.15, -0.1) is 10.2 Å². The number of aromatic nitrogens is 7. The van der Waals surface area contributed by atoms with Crippen LogP contribution in [0.25, 0.3) is 0 Å². The first-order valence-corrected chi connectivity index (χ1v) is 8.77. The van der Waals surface area contributed by atoms with Crippen molar-refractivity contribution in [3.05, 3.63) is 47.8 Å². The van der Waals surface area contributed by atoms with Gasteiger partial charge >= 0.3 is 0 Å². The maximum absolute atomic E-state index is 12.7. The highest BCUT2D eigenvalue weighted by Gasteiger charge is 2.29. The van der Waals surface area contributed by atoms with Crippen molar-refractivity contribution in [2.45, 2.75) is 32.2 Å². The van der Waals surface area contributed by atoms with E-state index >= 15 is 0 Å². The number of likely N-dealkylation sites (tertiary alicyclic amines) is 1. The van der Waals surface area contributed by atoms with Crippen molar-refractivity contribution in [1.82, 2.24) is 39.4 Å². The molecule has 9 nitrogen and oxygen atoms in total. The Morgan fingerprint density at radius 3 is 3.00 bits per heavy atom. The third kappa shape index (κ3) is 3.12. The smallest absolute Gasteiger partial charge is 0.274 e. The summed E-state index contributed by atoms with van der Waals surface area (Å²) in [5.74, 6) is 1.96. The second kappa shape index (κ2) is 6.74. The van der Waals surface area contributed by atoms with Crippen LogP contribution in [0.1, 0.15) is 46.6 Å². The van der Waals surface area contributed by atoms with Crippen LogP contribution in [0.3, 0.4) is 0 Å². The maximum Gasteiger partial charge on any atom is 0.274 e. The quantitative estimate of drug-likeness (QED) is 0.757. The Morgan fingerprint density at radius 2 is 2.27 bits per heavy atom. The average Bonchev–Trinajstić information content (AvgIpc) is 3.38. The highest BCUT2D eigenvalue weighted by Crippen LogP contribution is 2.26. The number of carbonyl (C=O) groups excluding carboxylic acids is 1. The summed E-state index contributed by atoms with van der Waals surface area (Å²) in [6, 6.07) is 1.79. The van der Waals surface area contributed by atoms with E-state index in [0.29, 0.717) is 18.8 Å². The minimum atomic E-state index is -0.0279. The minimum absolute atomic E-state index is 0.0279. The van der Waals surface area contributed by atoms with E-state index in [9.17, 15) is 4.79 Å². The molecule has 1 fully saturated rings. The molecule has 136 valence electrons. The van der Waals surface area contributed by atoms with Crippen molar-refractivity contribution in [2.75, 3.05) is 13.1 Å². The number of nitrogens with one attached hydrogen (secondary N) is 1. The standard InChI is InChI=1S/C17H22N8O/c1-12-8-14(20-19-12)17(26)25-6-3-4-13(9-25)16-22-21-15(23(16)2)10-24-7-5-18-11-24/h5,7-8,11,13H,3-4,6,9-10H2,1-2H3,(H,19,20)/t13-/m0/s1. The van der Waals surface area contributed by atoms with E-state index in [4.69, 9.17) is 0 Å². The largest absolute Gasteiger partial charge is 0.337 e. The van der Waals surface area contributed by atoms with Crippen molar-refractivity contribution in [3.63, 3.8) is 0 Å². The molecule has 0 saturated carbocycles. The predicted molar refractivity (Wildman–Crippen MR) is 93.5 cm³/mol. The summed E-state index contributed by atoms with van der Waals surface area (Å²) in [7, 11) is 1.99. The summed E-state index contributed by atoms with van der Waals surface area (Å²) in [6.45, 7) is 3.92. The molecule has 1 atom stereocenters.